The van der Waals surface area contributed by atoms with Crippen LogP contribution in [0.15, 0.2) is 57.9 Å². The van der Waals surface area contributed by atoms with Crippen molar-refractivity contribution in [2.24, 2.45) is 0 Å². The summed E-state index contributed by atoms with van der Waals surface area (Å²) in [5, 5.41) is 1.60. The summed E-state index contributed by atoms with van der Waals surface area (Å²) in [6.45, 7) is 5.37. The molecule has 1 heterocycles. The van der Waals surface area contributed by atoms with Gasteiger partial charge in [0.05, 0.1) is 29.4 Å². The molecule has 0 aliphatic heterocycles. The standard InChI is InChI=1S/C18H16ClF3N4O4/c1-3-8-24-15(28)25(9-4-2)17(30)26(16(24)29)10-13(27)23-14-11(18(20,21)22)6-5-7-12(14)19/h3-7H,1-2,8-10H2,(H,23,27). The minimum absolute atomic E-state index is 0.251. The van der Waals surface area contributed by atoms with Gasteiger partial charge in [0, 0.05) is 0 Å². The lowest BCUT2D eigenvalue weighted by molar-refractivity contribution is -0.137. The zero-order chi connectivity index (χ0) is 22.6. The van der Waals surface area contributed by atoms with Crippen molar-refractivity contribution >= 4 is 23.2 Å². The van der Waals surface area contributed by atoms with Crippen LogP contribution in [0.3, 0.4) is 0 Å². The van der Waals surface area contributed by atoms with Crippen molar-refractivity contribution in [1.82, 2.24) is 13.7 Å². The third-order valence-electron chi connectivity index (χ3n) is 3.89. The molecule has 160 valence electrons. The number of nitrogens with zero attached hydrogens (tertiary/aromatic N) is 3. The van der Waals surface area contributed by atoms with Crippen LogP contribution in [-0.4, -0.2) is 19.6 Å². The highest BCUT2D eigenvalue weighted by atomic mass is 35.5. The first kappa shape index (κ1) is 22.9. The fraction of sp³-hybridized carbons (Fsp3) is 0.222. The van der Waals surface area contributed by atoms with E-state index in [0.29, 0.717) is 13.7 Å². The number of benzene rings is 1. The smallest absolute Gasteiger partial charge is 0.323 e. The number of para-hydroxylation sites is 1. The van der Waals surface area contributed by atoms with Gasteiger partial charge in [0.25, 0.3) is 0 Å². The average Bonchev–Trinajstić information content (AvgIpc) is 2.66. The van der Waals surface area contributed by atoms with Crippen LogP contribution in [0.1, 0.15) is 5.56 Å². The summed E-state index contributed by atoms with van der Waals surface area (Å²) in [5.74, 6) is -1.12. The monoisotopic (exact) mass is 444 g/mol. The second-order valence-electron chi connectivity index (χ2n) is 5.94. The second kappa shape index (κ2) is 8.99. The van der Waals surface area contributed by atoms with Crippen molar-refractivity contribution in [2.75, 3.05) is 5.32 Å². The van der Waals surface area contributed by atoms with Crippen LogP contribution in [0.2, 0.25) is 5.02 Å². The Morgan fingerprint density at radius 3 is 1.97 bits per heavy atom. The number of nitrogens with one attached hydrogen (secondary N) is 1. The number of aromatic nitrogens is 3. The molecule has 0 spiro atoms. The number of carbonyl (C=O) groups is 1. The van der Waals surface area contributed by atoms with Crippen LogP contribution >= 0.6 is 11.6 Å². The molecule has 0 aliphatic carbocycles. The Balaban J connectivity index is 2.52. The normalized spacial score (nSPS) is 11.2. The van der Waals surface area contributed by atoms with E-state index < -0.39 is 46.9 Å². The van der Waals surface area contributed by atoms with Gasteiger partial charge < -0.3 is 5.32 Å². The molecule has 0 aliphatic rings. The average molecular weight is 445 g/mol. The number of anilines is 1. The SMILES string of the molecule is C=CCn1c(=O)n(CC=C)c(=O)n(CC(=O)Nc2c(Cl)cccc2C(F)(F)F)c1=O. The van der Waals surface area contributed by atoms with Crippen LogP contribution in [-0.2, 0) is 30.6 Å². The number of hydrogen-bond donors (Lipinski definition) is 1. The van der Waals surface area contributed by atoms with Gasteiger partial charge in [-0.15, -0.1) is 13.2 Å². The molecule has 12 heteroatoms. The Morgan fingerprint density at radius 2 is 1.50 bits per heavy atom. The van der Waals surface area contributed by atoms with Gasteiger partial charge in [-0.1, -0.05) is 29.8 Å². The summed E-state index contributed by atoms with van der Waals surface area (Å²) < 4.78 is 41.3. The van der Waals surface area contributed by atoms with E-state index in [1.165, 1.54) is 12.2 Å². The fourth-order valence-electron chi connectivity index (χ4n) is 2.60. The van der Waals surface area contributed by atoms with E-state index >= 15 is 0 Å². The molecule has 0 saturated carbocycles. The summed E-state index contributed by atoms with van der Waals surface area (Å²) in [5.41, 5.74) is -5.08. The van der Waals surface area contributed by atoms with Crippen molar-refractivity contribution < 1.29 is 18.0 Å². The number of allylic oxidation sites excluding steroid dienone is 2. The quantitative estimate of drug-likeness (QED) is 0.659. The maximum Gasteiger partial charge on any atom is 0.418 e. The van der Waals surface area contributed by atoms with Crippen molar-refractivity contribution in [2.45, 2.75) is 25.8 Å². The van der Waals surface area contributed by atoms with Crippen LogP contribution in [0.4, 0.5) is 18.9 Å². The molecule has 8 nitrogen and oxygen atoms in total. The lowest BCUT2D eigenvalue weighted by Gasteiger charge is -2.16. The summed E-state index contributed by atoms with van der Waals surface area (Å²) in [7, 11) is 0. The lowest BCUT2D eigenvalue weighted by Crippen LogP contribution is -2.55. The zero-order valence-electron chi connectivity index (χ0n) is 15.4. The van der Waals surface area contributed by atoms with Crippen LogP contribution < -0.4 is 22.4 Å². The number of halogens is 4. The topological polar surface area (TPSA) is 95.1 Å². The van der Waals surface area contributed by atoms with Gasteiger partial charge in [-0.2, -0.15) is 13.2 Å². The molecule has 1 aromatic carbocycles. The molecule has 2 aromatic rings. The highest BCUT2D eigenvalue weighted by Crippen LogP contribution is 2.38. The molecule has 0 unspecified atom stereocenters. The van der Waals surface area contributed by atoms with Gasteiger partial charge in [0.2, 0.25) is 5.91 Å². The predicted molar refractivity (Wildman–Crippen MR) is 105 cm³/mol. The highest BCUT2D eigenvalue weighted by molar-refractivity contribution is 6.34. The van der Waals surface area contributed by atoms with Gasteiger partial charge in [-0.3, -0.25) is 4.79 Å². The third kappa shape index (κ3) is 4.62. The number of carbonyl (C=O) groups excluding carboxylic acids is 1. The first-order valence-corrected chi connectivity index (χ1v) is 8.72. The maximum atomic E-state index is 13.2. The zero-order valence-corrected chi connectivity index (χ0v) is 16.2. The first-order chi connectivity index (χ1) is 14.0. The largest absolute Gasteiger partial charge is 0.418 e. The lowest BCUT2D eigenvalue weighted by atomic mass is 10.1. The van der Waals surface area contributed by atoms with Gasteiger partial charge in [-0.25, -0.2) is 28.1 Å². The molecule has 2 rings (SSSR count). The Morgan fingerprint density at radius 1 is 1.00 bits per heavy atom. The molecule has 1 aromatic heterocycles. The minimum atomic E-state index is -4.81. The number of alkyl halides is 3. The van der Waals surface area contributed by atoms with Crippen LogP contribution in [0, 0.1) is 0 Å². The molecule has 0 atom stereocenters. The molecule has 30 heavy (non-hydrogen) atoms. The summed E-state index contributed by atoms with van der Waals surface area (Å²) >= 11 is 5.78. The molecule has 0 bridgehead atoms. The van der Waals surface area contributed by atoms with Crippen molar-refractivity contribution in [1.29, 1.82) is 0 Å². The predicted octanol–water partition coefficient (Wildman–Crippen LogP) is 1.85. The maximum absolute atomic E-state index is 13.2. The molecule has 0 fully saturated rings. The van der Waals surface area contributed by atoms with Gasteiger partial charge >= 0.3 is 23.2 Å². The summed E-state index contributed by atoms with van der Waals surface area (Å²) in [6.07, 6.45) is -2.34. The minimum Gasteiger partial charge on any atom is -0.323 e. The fourth-order valence-corrected chi connectivity index (χ4v) is 2.82. The Kier molecular flexibility index (Phi) is 6.88. The molecular weight excluding hydrogens is 429 g/mol. The molecular formula is C18H16ClF3N4O4. The van der Waals surface area contributed by atoms with E-state index in [-0.39, 0.29) is 18.1 Å². The number of hydrogen-bond acceptors (Lipinski definition) is 4. The number of amides is 1. The van der Waals surface area contributed by atoms with E-state index in [2.05, 4.69) is 13.2 Å². The van der Waals surface area contributed by atoms with Crippen LogP contribution in [0.25, 0.3) is 0 Å². The van der Waals surface area contributed by atoms with E-state index in [9.17, 15) is 32.3 Å². The third-order valence-corrected chi connectivity index (χ3v) is 4.21. The summed E-state index contributed by atoms with van der Waals surface area (Å²) in [6, 6.07) is 2.92. The van der Waals surface area contributed by atoms with E-state index in [1.807, 2.05) is 5.32 Å². The van der Waals surface area contributed by atoms with Crippen molar-refractivity contribution in [3.05, 3.63) is 85.5 Å². The van der Waals surface area contributed by atoms with Crippen molar-refractivity contribution in [3.8, 4) is 0 Å². The van der Waals surface area contributed by atoms with E-state index in [4.69, 9.17) is 11.6 Å². The van der Waals surface area contributed by atoms with Gasteiger partial charge in [-0.05, 0) is 12.1 Å². The molecule has 0 radical (unpaired) electrons. The first-order valence-electron chi connectivity index (χ1n) is 8.34. The Bertz CT molecular complexity index is 1130. The Labute approximate surface area is 172 Å². The van der Waals surface area contributed by atoms with Gasteiger partial charge in [0.1, 0.15) is 6.54 Å². The molecule has 1 amide bonds. The number of rotatable bonds is 7. The van der Waals surface area contributed by atoms with Gasteiger partial charge in [0.15, 0.2) is 0 Å². The molecule has 0 saturated heterocycles. The summed E-state index contributed by atoms with van der Waals surface area (Å²) in [4.78, 5) is 49.6. The molecule has 1 N–H and O–H groups in total. The van der Waals surface area contributed by atoms with E-state index in [0.717, 1.165) is 18.2 Å². The van der Waals surface area contributed by atoms with Crippen LogP contribution in [0.5, 0.6) is 0 Å². The second-order valence-corrected chi connectivity index (χ2v) is 6.35. The highest BCUT2D eigenvalue weighted by Gasteiger charge is 2.35. The van der Waals surface area contributed by atoms with Crippen molar-refractivity contribution in [3.63, 3.8) is 0 Å². The van der Waals surface area contributed by atoms with E-state index in [1.54, 1.807) is 0 Å². The Hall–Kier alpha value is -3.34.